The van der Waals surface area contributed by atoms with E-state index in [1.54, 1.807) is 0 Å². The van der Waals surface area contributed by atoms with Gasteiger partial charge in [-0.05, 0) is 43.0 Å². The summed E-state index contributed by atoms with van der Waals surface area (Å²) >= 11 is 0. The highest BCUT2D eigenvalue weighted by Crippen LogP contribution is 2.28. The van der Waals surface area contributed by atoms with Gasteiger partial charge in [0.15, 0.2) is 0 Å². The Labute approximate surface area is 117 Å². The smallest absolute Gasteiger partial charge is 0.267 e. The lowest BCUT2D eigenvalue weighted by molar-refractivity contribution is 0.0902. The summed E-state index contributed by atoms with van der Waals surface area (Å²) in [6.07, 6.45) is 2.56. The maximum atomic E-state index is 12.0. The molecule has 0 atom stereocenters. The molecule has 2 aromatic rings. The second kappa shape index (κ2) is 5.54. The lowest BCUT2D eigenvalue weighted by atomic mass is 10.2. The number of nitrogens with one attached hydrogen (secondary N) is 2. The van der Waals surface area contributed by atoms with Crippen LogP contribution in [0.1, 0.15) is 23.3 Å². The molecule has 1 aromatic heterocycles. The van der Waals surface area contributed by atoms with Crippen molar-refractivity contribution >= 4 is 22.5 Å². The number of aromatic nitrogens is 1. The number of hydrogen-bond donors (Lipinski definition) is 3. The average Bonchev–Trinajstić information content (AvgIpc) is 3.15. The summed E-state index contributed by atoms with van der Waals surface area (Å²) in [6.45, 7) is 1.92. The van der Waals surface area contributed by atoms with Gasteiger partial charge >= 0.3 is 0 Å². The van der Waals surface area contributed by atoms with Crippen LogP contribution in [0, 0.1) is 5.92 Å². The van der Waals surface area contributed by atoms with Crippen LogP contribution in [0.25, 0.3) is 10.9 Å². The van der Waals surface area contributed by atoms with Crippen molar-refractivity contribution < 1.29 is 9.53 Å². The molecule has 1 heterocycles. The van der Waals surface area contributed by atoms with E-state index in [0.717, 1.165) is 23.4 Å². The molecule has 5 heteroatoms. The molecule has 20 heavy (non-hydrogen) atoms. The molecular formula is C15H19N3O2. The number of amides is 1. The second-order valence-corrected chi connectivity index (χ2v) is 5.30. The van der Waals surface area contributed by atoms with Crippen LogP contribution in [0.3, 0.4) is 0 Å². The molecule has 1 saturated carbocycles. The molecule has 1 aromatic carbocycles. The number of rotatable bonds is 6. The monoisotopic (exact) mass is 273 g/mol. The standard InChI is InChI=1S/C15H19N3O2/c16-12-3-4-13-11(7-12)8-14(18-13)15(19)17-5-6-20-9-10-1-2-10/h3-4,7-8,10,18H,1-2,5-6,9,16H2,(H,17,19). The van der Waals surface area contributed by atoms with Crippen molar-refractivity contribution in [3.05, 3.63) is 30.0 Å². The van der Waals surface area contributed by atoms with Gasteiger partial charge in [-0.3, -0.25) is 4.79 Å². The van der Waals surface area contributed by atoms with Crippen LogP contribution in [0.5, 0.6) is 0 Å². The highest BCUT2D eigenvalue weighted by atomic mass is 16.5. The van der Waals surface area contributed by atoms with Gasteiger partial charge in [0, 0.05) is 29.7 Å². The molecule has 0 radical (unpaired) electrons. The molecule has 4 N–H and O–H groups in total. The van der Waals surface area contributed by atoms with Gasteiger partial charge in [0.25, 0.3) is 5.91 Å². The zero-order valence-corrected chi connectivity index (χ0v) is 11.3. The van der Waals surface area contributed by atoms with E-state index in [9.17, 15) is 4.79 Å². The largest absolute Gasteiger partial charge is 0.399 e. The van der Waals surface area contributed by atoms with Gasteiger partial charge in [-0.25, -0.2) is 0 Å². The van der Waals surface area contributed by atoms with Crippen molar-refractivity contribution in [2.75, 3.05) is 25.5 Å². The van der Waals surface area contributed by atoms with E-state index < -0.39 is 0 Å². The fourth-order valence-corrected chi connectivity index (χ4v) is 2.14. The number of carbonyl (C=O) groups excluding carboxylic acids is 1. The normalized spacial score (nSPS) is 14.6. The van der Waals surface area contributed by atoms with Crippen LogP contribution in [0.4, 0.5) is 5.69 Å². The number of benzene rings is 1. The summed E-state index contributed by atoms with van der Waals surface area (Å²) in [5, 5.41) is 3.79. The number of nitrogens with two attached hydrogens (primary N) is 1. The van der Waals surface area contributed by atoms with Gasteiger partial charge in [0.2, 0.25) is 0 Å². The second-order valence-electron chi connectivity index (χ2n) is 5.30. The predicted molar refractivity (Wildman–Crippen MR) is 78.6 cm³/mol. The first-order valence-electron chi connectivity index (χ1n) is 6.96. The lowest BCUT2D eigenvalue weighted by Crippen LogP contribution is -2.27. The van der Waals surface area contributed by atoms with Gasteiger partial charge in [0.1, 0.15) is 5.69 Å². The molecule has 0 bridgehead atoms. The molecule has 0 saturated heterocycles. The van der Waals surface area contributed by atoms with Gasteiger partial charge in [-0.2, -0.15) is 0 Å². The van der Waals surface area contributed by atoms with Crippen LogP contribution in [-0.4, -0.2) is 30.6 Å². The number of aromatic amines is 1. The number of nitrogen functional groups attached to an aromatic ring is 1. The summed E-state index contributed by atoms with van der Waals surface area (Å²) in [4.78, 5) is 15.1. The Kier molecular flexibility index (Phi) is 3.60. The number of fused-ring (bicyclic) bond motifs is 1. The van der Waals surface area contributed by atoms with Crippen LogP contribution < -0.4 is 11.1 Å². The summed E-state index contributed by atoms with van der Waals surface area (Å²) < 4.78 is 5.48. The third-order valence-corrected chi connectivity index (χ3v) is 3.47. The molecule has 0 aliphatic heterocycles. The van der Waals surface area contributed by atoms with E-state index in [2.05, 4.69) is 10.3 Å². The molecule has 106 valence electrons. The van der Waals surface area contributed by atoms with Crippen LogP contribution in [-0.2, 0) is 4.74 Å². The quantitative estimate of drug-likeness (QED) is 0.555. The number of hydrogen-bond acceptors (Lipinski definition) is 3. The van der Waals surface area contributed by atoms with Gasteiger partial charge in [-0.1, -0.05) is 0 Å². The minimum absolute atomic E-state index is 0.116. The Hall–Kier alpha value is -2.01. The summed E-state index contributed by atoms with van der Waals surface area (Å²) in [7, 11) is 0. The minimum atomic E-state index is -0.116. The maximum absolute atomic E-state index is 12.0. The number of carbonyl (C=O) groups is 1. The molecule has 5 nitrogen and oxygen atoms in total. The van der Waals surface area contributed by atoms with E-state index in [1.807, 2.05) is 24.3 Å². The maximum Gasteiger partial charge on any atom is 0.267 e. The first-order valence-corrected chi connectivity index (χ1v) is 6.96. The minimum Gasteiger partial charge on any atom is -0.399 e. The van der Waals surface area contributed by atoms with Crippen molar-refractivity contribution in [3.8, 4) is 0 Å². The van der Waals surface area contributed by atoms with E-state index in [0.29, 0.717) is 24.5 Å². The van der Waals surface area contributed by atoms with E-state index >= 15 is 0 Å². The fourth-order valence-electron chi connectivity index (χ4n) is 2.14. The number of ether oxygens (including phenoxy) is 1. The predicted octanol–water partition coefficient (Wildman–Crippen LogP) is 1.91. The molecule has 0 spiro atoms. The van der Waals surface area contributed by atoms with E-state index in [1.165, 1.54) is 12.8 Å². The Morgan fingerprint density at radius 3 is 3.05 bits per heavy atom. The SMILES string of the molecule is Nc1ccc2[nH]c(C(=O)NCCOCC3CC3)cc2c1. The Morgan fingerprint density at radius 1 is 1.40 bits per heavy atom. The van der Waals surface area contributed by atoms with E-state index in [4.69, 9.17) is 10.5 Å². The van der Waals surface area contributed by atoms with Crippen molar-refractivity contribution in [2.24, 2.45) is 5.92 Å². The highest BCUT2D eigenvalue weighted by molar-refractivity contribution is 5.98. The molecule has 1 fully saturated rings. The summed E-state index contributed by atoms with van der Waals surface area (Å²) in [6, 6.07) is 7.35. The first kappa shape index (κ1) is 13.0. The average molecular weight is 273 g/mol. The number of anilines is 1. The van der Waals surface area contributed by atoms with E-state index in [-0.39, 0.29) is 5.91 Å². The Morgan fingerprint density at radius 2 is 2.25 bits per heavy atom. The summed E-state index contributed by atoms with van der Waals surface area (Å²) in [5.74, 6) is 0.639. The van der Waals surface area contributed by atoms with Crippen molar-refractivity contribution in [1.82, 2.24) is 10.3 Å². The molecular weight excluding hydrogens is 254 g/mol. The molecule has 3 rings (SSSR count). The van der Waals surface area contributed by atoms with Crippen LogP contribution in [0.2, 0.25) is 0 Å². The topological polar surface area (TPSA) is 80.1 Å². The molecule has 1 amide bonds. The van der Waals surface area contributed by atoms with Gasteiger partial charge in [0.05, 0.1) is 6.61 Å². The number of H-pyrrole nitrogens is 1. The third kappa shape index (κ3) is 3.11. The van der Waals surface area contributed by atoms with Gasteiger partial charge < -0.3 is 20.8 Å². The fraction of sp³-hybridized carbons (Fsp3) is 0.400. The zero-order valence-electron chi connectivity index (χ0n) is 11.3. The van der Waals surface area contributed by atoms with Gasteiger partial charge in [-0.15, -0.1) is 0 Å². The van der Waals surface area contributed by atoms with Crippen molar-refractivity contribution in [2.45, 2.75) is 12.8 Å². The Balaban J connectivity index is 1.52. The summed E-state index contributed by atoms with van der Waals surface area (Å²) in [5.41, 5.74) is 7.87. The molecule has 0 unspecified atom stereocenters. The zero-order chi connectivity index (χ0) is 13.9. The first-order chi connectivity index (χ1) is 9.72. The third-order valence-electron chi connectivity index (χ3n) is 3.47. The Bertz CT molecular complexity index is 617. The van der Waals surface area contributed by atoms with Crippen molar-refractivity contribution in [1.29, 1.82) is 0 Å². The van der Waals surface area contributed by atoms with Crippen LogP contribution in [0.15, 0.2) is 24.3 Å². The lowest BCUT2D eigenvalue weighted by Gasteiger charge is -2.04. The van der Waals surface area contributed by atoms with Crippen LogP contribution >= 0.6 is 0 Å². The van der Waals surface area contributed by atoms with Crippen molar-refractivity contribution in [3.63, 3.8) is 0 Å². The highest BCUT2D eigenvalue weighted by Gasteiger charge is 2.20. The molecule has 1 aliphatic carbocycles. The molecule has 1 aliphatic rings.